The number of aromatic amines is 1. The maximum absolute atomic E-state index is 11.1. The number of aromatic nitrogens is 3. The molecule has 0 saturated carbocycles. The van der Waals surface area contributed by atoms with Gasteiger partial charge in [0.2, 0.25) is 0 Å². The molecule has 0 saturated heterocycles. The van der Waals surface area contributed by atoms with Gasteiger partial charge in [0.25, 0.3) is 0 Å². The lowest BCUT2D eigenvalue weighted by Crippen LogP contribution is -2.09. The number of rotatable bonds is 0. The molecule has 1 aromatic carbocycles. The number of fused-ring (bicyclic) bond motifs is 2. The molecule has 0 aliphatic heterocycles. The van der Waals surface area contributed by atoms with Gasteiger partial charge in [-0.05, 0) is 18.6 Å². The van der Waals surface area contributed by atoms with Crippen LogP contribution in [-0.2, 0) is 0 Å². The smallest absolute Gasteiger partial charge is 0.290 e. The van der Waals surface area contributed by atoms with Crippen LogP contribution in [0.15, 0.2) is 35.3 Å². The Kier molecular flexibility index (Phi) is 1.77. The highest BCUT2D eigenvalue weighted by molar-refractivity contribution is 5.95. The first-order chi connectivity index (χ1) is 7.75. The topological polar surface area (TPSA) is 58.6 Å². The normalized spacial score (nSPS) is 11.1. The van der Waals surface area contributed by atoms with Crippen molar-refractivity contribution in [1.29, 1.82) is 0 Å². The van der Waals surface area contributed by atoms with Gasteiger partial charge in [0, 0.05) is 17.0 Å². The molecule has 2 heterocycles. The van der Waals surface area contributed by atoms with Gasteiger partial charge < -0.3 is 0 Å². The Labute approximate surface area is 91.0 Å². The van der Waals surface area contributed by atoms with Crippen molar-refractivity contribution in [3.63, 3.8) is 0 Å². The van der Waals surface area contributed by atoms with Crippen molar-refractivity contribution in [3.8, 4) is 0 Å². The molecule has 4 nitrogen and oxygen atoms in total. The van der Waals surface area contributed by atoms with Crippen LogP contribution in [0.3, 0.4) is 0 Å². The molecule has 16 heavy (non-hydrogen) atoms. The molecule has 3 aromatic rings. The summed E-state index contributed by atoms with van der Waals surface area (Å²) in [5.41, 5.74) is 2.20. The molecule has 0 bridgehead atoms. The quantitative estimate of drug-likeness (QED) is 0.576. The summed E-state index contributed by atoms with van der Waals surface area (Å²) in [6.07, 6.45) is 1.57. The second-order valence-electron chi connectivity index (χ2n) is 3.70. The molecule has 0 spiro atoms. The minimum absolute atomic E-state index is 0.366. The van der Waals surface area contributed by atoms with Gasteiger partial charge in [0.15, 0.2) is 0 Å². The summed E-state index contributed by atoms with van der Waals surface area (Å²) in [4.78, 5) is 21.9. The number of benzene rings is 1. The molecule has 3 rings (SSSR count). The van der Waals surface area contributed by atoms with Crippen molar-refractivity contribution in [2.45, 2.75) is 6.92 Å². The molecule has 0 fully saturated rings. The fraction of sp³-hybridized carbons (Fsp3) is 0.0833. The SMILES string of the molecule is Cc1c2ccccc2nc2[nH]c(=O)ncc12. The van der Waals surface area contributed by atoms with Gasteiger partial charge in [0.1, 0.15) is 5.65 Å². The highest BCUT2D eigenvalue weighted by Crippen LogP contribution is 2.22. The van der Waals surface area contributed by atoms with Crippen molar-refractivity contribution in [1.82, 2.24) is 15.0 Å². The second kappa shape index (κ2) is 3.13. The van der Waals surface area contributed by atoms with Crippen molar-refractivity contribution in [2.75, 3.05) is 0 Å². The molecule has 0 aliphatic rings. The molecule has 2 aromatic heterocycles. The summed E-state index contributed by atoms with van der Waals surface area (Å²) in [5, 5.41) is 1.97. The number of pyridine rings is 1. The predicted molar refractivity (Wildman–Crippen MR) is 62.4 cm³/mol. The Morgan fingerprint density at radius 2 is 2.00 bits per heavy atom. The largest absolute Gasteiger partial charge is 0.346 e. The van der Waals surface area contributed by atoms with E-state index in [1.54, 1.807) is 6.20 Å². The van der Waals surface area contributed by atoms with Gasteiger partial charge in [0.05, 0.1) is 5.52 Å². The molecule has 0 aliphatic carbocycles. The Morgan fingerprint density at radius 3 is 2.88 bits per heavy atom. The average Bonchev–Trinajstić information content (AvgIpc) is 2.29. The van der Waals surface area contributed by atoms with Crippen LogP contribution in [0.2, 0.25) is 0 Å². The first-order valence-electron chi connectivity index (χ1n) is 5.00. The average molecular weight is 211 g/mol. The fourth-order valence-electron chi connectivity index (χ4n) is 1.90. The van der Waals surface area contributed by atoms with E-state index < -0.39 is 0 Å². The van der Waals surface area contributed by atoms with Gasteiger partial charge in [-0.1, -0.05) is 18.2 Å². The van der Waals surface area contributed by atoms with E-state index in [1.807, 2.05) is 31.2 Å². The van der Waals surface area contributed by atoms with Crippen LogP contribution >= 0.6 is 0 Å². The van der Waals surface area contributed by atoms with E-state index >= 15 is 0 Å². The summed E-state index contributed by atoms with van der Waals surface area (Å²) in [7, 11) is 0. The highest BCUT2D eigenvalue weighted by Gasteiger charge is 2.05. The van der Waals surface area contributed by atoms with Crippen molar-refractivity contribution < 1.29 is 0 Å². The molecule has 0 unspecified atom stereocenters. The summed E-state index contributed by atoms with van der Waals surface area (Å²) in [6, 6.07) is 7.85. The minimum Gasteiger partial charge on any atom is -0.290 e. The Hall–Kier alpha value is -2.23. The molecular weight excluding hydrogens is 202 g/mol. The Morgan fingerprint density at radius 1 is 1.19 bits per heavy atom. The lowest BCUT2D eigenvalue weighted by Gasteiger charge is -2.04. The number of hydrogen-bond donors (Lipinski definition) is 1. The number of H-pyrrole nitrogens is 1. The lowest BCUT2D eigenvalue weighted by atomic mass is 10.1. The monoisotopic (exact) mass is 211 g/mol. The van der Waals surface area contributed by atoms with Crippen LogP contribution in [0.1, 0.15) is 5.56 Å². The van der Waals surface area contributed by atoms with Gasteiger partial charge in [-0.15, -0.1) is 0 Å². The maximum Gasteiger partial charge on any atom is 0.346 e. The van der Waals surface area contributed by atoms with E-state index in [0.717, 1.165) is 21.9 Å². The third-order valence-electron chi connectivity index (χ3n) is 2.74. The van der Waals surface area contributed by atoms with Crippen LogP contribution in [0.5, 0.6) is 0 Å². The summed E-state index contributed by atoms with van der Waals surface area (Å²) in [5.74, 6) is 0. The van der Waals surface area contributed by atoms with Crippen molar-refractivity contribution in [3.05, 3.63) is 46.5 Å². The summed E-state index contributed by atoms with van der Waals surface area (Å²) in [6.45, 7) is 2.01. The lowest BCUT2D eigenvalue weighted by molar-refractivity contribution is 1.10. The fourth-order valence-corrected chi connectivity index (χ4v) is 1.90. The molecule has 0 atom stereocenters. The molecule has 0 radical (unpaired) electrons. The van der Waals surface area contributed by atoms with Gasteiger partial charge in [-0.3, -0.25) is 4.98 Å². The van der Waals surface area contributed by atoms with Crippen LogP contribution in [0.25, 0.3) is 21.9 Å². The maximum atomic E-state index is 11.1. The van der Waals surface area contributed by atoms with E-state index in [9.17, 15) is 4.79 Å². The van der Waals surface area contributed by atoms with Crippen LogP contribution < -0.4 is 5.69 Å². The Balaban J connectivity index is 2.60. The first kappa shape index (κ1) is 9.03. The van der Waals surface area contributed by atoms with E-state index in [1.165, 1.54) is 0 Å². The van der Waals surface area contributed by atoms with E-state index in [2.05, 4.69) is 15.0 Å². The van der Waals surface area contributed by atoms with Crippen molar-refractivity contribution in [2.24, 2.45) is 0 Å². The van der Waals surface area contributed by atoms with Crippen molar-refractivity contribution >= 4 is 21.9 Å². The third-order valence-corrected chi connectivity index (χ3v) is 2.74. The van der Waals surface area contributed by atoms with Gasteiger partial charge >= 0.3 is 5.69 Å². The summed E-state index contributed by atoms with van der Waals surface area (Å²) >= 11 is 0. The third kappa shape index (κ3) is 1.20. The molecular formula is C12H9N3O. The Bertz CT molecular complexity index is 746. The standard InChI is InChI=1S/C12H9N3O/c1-7-8-4-2-3-5-10(8)14-11-9(7)6-13-12(16)15-11/h2-6H,1H3,(H,13,14,15,16). The zero-order chi connectivity index (χ0) is 11.1. The van der Waals surface area contributed by atoms with E-state index in [-0.39, 0.29) is 5.69 Å². The highest BCUT2D eigenvalue weighted by atomic mass is 16.1. The minimum atomic E-state index is -0.366. The van der Waals surface area contributed by atoms with Gasteiger partial charge in [-0.25, -0.2) is 14.8 Å². The zero-order valence-corrected chi connectivity index (χ0v) is 8.69. The number of aryl methyl sites for hydroxylation is 1. The molecule has 0 amide bonds. The predicted octanol–water partition coefficient (Wildman–Crippen LogP) is 1.78. The zero-order valence-electron chi connectivity index (χ0n) is 8.69. The van der Waals surface area contributed by atoms with E-state index in [0.29, 0.717) is 5.65 Å². The molecule has 1 N–H and O–H groups in total. The molecule has 4 heteroatoms. The first-order valence-corrected chi connectivity index (χ1v) is 5.00. The number of nitrogens with one attached hydrogen (secondary N) is 1. The number of hydrogen-bond acceptors (Lipinski definition) is 3. The molecule has 78 valence electrons. The second-order valence-corrected chi connectivity index (χ2v) is 3.70. The van der Waals surface area contributed by atoms with Crippen LogP contribution in [0, 0.1) is 6.92 Å². The number of para-hydroxylation sites is 1. The van der Waals surface area contributed by atoms with Crippen LogP contribution in [-0.4, -0.2) is 15.0 Å². The van der Waals surface area contributed by atoms with E-state index in [4.69, 9.17) is 0 Å². The number of nitrogens with zero attached hydrogens (tertiary/aromatic N) is 2. The van der Waals surface area contributed by atoms with Crippen LogP contribution in [0.4, 0.5) is 0 Å². The summed E-state index contributed by atoms with van der Waals surface area (Å²) < 4.78 is 0. The van der Waals surface area contributed by atoms with Gasteiger partial charge in [-0.2, -0.15) is 0 Å².